The fraction of sp³-hybridized carbons (Fsp3) is 0.647. The molecule has 0 radical (unpaired) electrons. The molecule has 3 rings (SSSR count). The van der Waals surface area contributed by atoms with Crippen LogP contribution in [0.2, 0.25) is 0 Å². The predicted molar refractivity (Wildman–Crippen MR) is 90.7 cm³/mol. The first-order chi connectivity index (χ1) is 11.0. The van der Waals surface area contributed by atoms with Gasteiger partial charge in [-0.05, 0) is 36.8 Å². The standard InChI is InChI=1S/C17H26N2O3S/c1-2-11-23(21,22)18-14-7-9-19(10-8-14)16-12-13-5-3-4-6-15(13)17(16)20/h3-6,14,16-18,20H,2,7-12H2,1H3. The minimum Gasteiger partial charge on any atom is -0.387 e. The Bertz CT molecular complexity index is 639. The number of aliphatic hydroxyl groups excluding tert-OH is 1. The average Bonchev–Trinajstić information content (AvgIpc) is 2.85. The molecule has 2 aliphatic rings. The smallest absolute Gasteiger partial charge is 0.211 e. The number of fused-ring (bicyclic) bond motifs is 1. The van der Waals surface area contributed by atoms with Gasteiger partial charge in [0, 0.05) is 25.2 Å². The maximum absolute atomic E-state index is 11.9. The Hall–Kier alpha value is -0.950. The van der Waals surface area contributed by atoms with E-state index >= 15 is 0 Å². The second-order valence-corrected chi connectivity index (χ2v) is 8.54. The van der Waals surface area contributed by atoms with Crippen molar-refractivity contribution in [2.45, 2.75) is 50.8 Å². The summed E-state index contributed by atoms with van der Waals surface area (Å²) in [6, 6.07) is 8.24. The summed E-state index contributed by atoms with van der Waals surface area (Å²) in [5, 5.41) is 10.6. The van der Waals surface area contributed by atoms with E-state index in [-0.39, 0.29) is 17.8 Å². The quantitative estimate of drug-likeness (QED) is 0.852. The van der Waals surface area contributed by atoms with Crippen molar-refractivity contribution < 1.29 is 13.5 Å². The van der Waals surface area contributed by atoms with Gasteiger partial charge >= 0.3 is 0 Å². The van der Waals surface area contributed by atoms with Crippen LogP contribution in [-0.2, 0) is 16.4 Å². The molecule has 1 fully saturated rings. The van der Waals surface area contributed by atoms with Gasteiger partial charge in [-0.1, -0.05) is 31.2 Å². The highest BCUT2D eigenvalue weighted by Crippen LogP contribution is 2.35. The van der Waals surface area contributed by atoms with Crippen molar-refractivity contribution in [2.75, 3.05) is 18.8 Å². The number of hydrogen-bond donors (Lipinski definition) is 2. The van der Waals surface area contributed by atoms with Gasteiger partial charge in [-0.2, -0.15) is 0 Å². The average molecular weight is 338 g/mol. The maximum Gasteiger partial charge on any atom is 0.211 e. The van der Waals surface area contributed by atoms with Gasteiger partial charge < -0.3 is 5.11 Å². The van der Waals surface area contributed by atoms with Crippen molar-refractivity contribution in [3.63, 3.8) is 0 Å². The largest absolute Gasteiger partial charge is 0.387 e. The molecule has 0 aromatic heterocycles. The van der Waals surface area contributed by atoms with E-state index in [1.165, 1.54) is 5.56 Å². The van der Waals surface area contributed by atoms with E-state index in [1.807, 2.05) is 25.1 Å². The van der Waals surface area contributed by atoms with Crippen LogP contribution in [0.5, 0.6) is 0 Å². The van der Waals surface area contributed by atoms with Gasteiger partial charge in [0.1, 0.15) is 0 Å². The van der Waals surface area contributed by atoms with Crippen molar-refractivity contribution >= 4 is 10.0 Å². The number of sulfonamides is 1. The van der Waals surface area contributed by atoms with Crippen LogP contribution < -0.4 is 4.72 Å². The zero-order valence-electron chi connectivity index (χ0n) is 13.6. The molecular weight excluding hydrogens is 312 g/mol. The first kappa shape index (κ1) is 16.9. The summed E-state index contributed by atoms with van der Waals surface area (Å²) < 4.78 is 26.6. The Labute approximate surface area is 138 Å². The molecular formula is C17H26N2O3S. The van der Waals surface area contributed by atoms with Crippen LogP contribution in [0.3, 0.4) is 0 Å². The first-order valence-corrected chi connectivity index (χ1v) is 10.2. The maximum atomic E-state index is 11.9. The lowest BCUT2D eigenvalue weighted by Crippen LogP contribution is -2.49. The molecule has 1 aliphatic heterocycles. The summed E-state index contributed by atoms with van der Waals surface area (Å²) in [5.41, 5.74) is 2.28. The molecule has 0 amide bonds. The highest BCUT2D eigenvalue weighted by Gasteiger charge is 2.36. The molecule has 1 saturated heterocycles. The lowest BCUT2D eigenvalue weighted by atomic mass is 10.0. The van der Waals surface area contributed by atoms with Crippen molar-refractivity contribution in [3.8, 4) is 0 Å². The van der Waals surface area contributed by atoms with Crippen molar-refractivity contribution in [1.82, 2.24) is 9.62 Å². The summed E-state index contributed by atoms with van der Waals surface area (Å²) in [6.45, 7) is 3.53. The minimum atomic E-state index is -3.14. The minimum absolute atomic E-state index is 0.0312. The molecule has 6 heteroatoms. The lowest BCUT2D eigenvalue weighted by molar-refractivity contribution is 0.0451. The SMILES string of the molecule is CCCS(=O)(=O)NC1CCN(C2Cc3ccccc3C2O)CC1. The predicted octanol–water partition coefficient (Wildman–Crippen LogP) is 1.44. The van der Waals surface area contributed by atoms with E-state index in [1.54, 1.807) is 0 Å². The van der Waals surface area contributed by atoms with Crippen LogP contribution in [0.15, 0.2) is 24.3 Å². The summed E-state index contributed by atoms with van der Waals surface area (Å²) in [5.74, 6) is 0.198. The molecule has 0 saturated carbocycles. The van der Waals surface area contributed by atoms with Gasteiger partial charge in [0.05, 0.1) is 11.9 Å². The van der Waals surface area contributed by atoms with Crippen LogP contribution in [0, 0.1) is 0 Å². The Morgan fingerprint density at radius 1 is 1.26 bits per heavy atom. The third kappa shape index (κ3) is 3.76. The number of nitrogens with one attached hydrogen (secondary N) is 1. The van der Waals surface area contributed by atoms with Crippen LogP contribution in [-0.4, -0.2) is 49.4 Å². The molecule has 1 aromatic carbocycles. The third-order valence-corrected chi connectivity index (χ3v) is 6.62. The van der Waals surface area contributed by atoms with E-state index in [0.717, 1.165) is 37.9 Å². The monoisotopic (exact) mass is 338 g/mol. The van der Waals surface area contributed by atoms with Crippen LogP contribution in [0.1, 0.15) is 43.4 Å². The zero-order chi connectivity index (χ0) is 16.4. The van der Waals surface area contributed by atoms with E-state index in [2.05, 4.69) is 15.7 Å². The van der Waals surface area contributed by atoms with E-state index in [9.17, 15) is 13.5 Å². The topological polar surface area (TPSA) is 69.6 Å². The van der Waals surface area contributed by atoms with Gasteiger partial charge in [0.2, 0.25) is 10.0 Å². The second kappa shape index (κ2) is 6.89. The van der Waals surface area contributed by atoms with Crippen molar-refractivity contribution in [1.29, 1.82) is 0 Å². The third-order valence-electron chi connectivity index (χ3n) is 4.98. The second-order valence-electron chi connectivity index (χ2n) is 6.66. The van der Waals surface area contributed by atoms with Crippen LogP contribution >= 0.6 is 0 Å². The highest BCUT2D eigenvalue weighted by atomic mass is 32.2. The molecule has 2 N–H and O–H groups in total. The van der Waals surface area contributed by atoms with E-state index < -0.39 is 16.1 Å². The number of aliphatic hydroxyl groups is 1. The molecule has 2 unspecified atom stereocenters. The molecule has 1 aromatic rings. The number of likely N-dealkylation sites (tertiary alicyclic amines) is 1. The van der Waals surface area contributed by atoms with Gasteiger partial charge in [-0.15, -0.1) is 0 Å². The number of hydrogen-bond acceptors (Lipinski definition) is 4. The van der Waals surface area contributed by atoms with Gasteiger partial charge in [-0.3, -0.25) is 4.90 Å². The number of rotatable bonds is 5. The highest BCUT2D eigenvalue weighted by molar-refractivity contribution is 7.89. The summed E-state index contributed by atoms with van der Waals surface area (Å²) in [6.07, 6.45) is 2.70. The van der Waals surface area contributed by atoms with Gasteiger partial charge in [0.15, 0.2) is 0 Å². The molecule has 2 atom stereocenters. The molecule has 0 bridgehead atoms. The fourth-order valence-electron chi connectivity index (χ4n) is 3.81. The molecule has 1 heterocycles. The summed E-state index contributed by atoms with van der Waals surface area (Å²) >= 11 is 0. The fourth-order valence-corrected chi connectivity index (χ4v) is 5.21. The molecule has 23 heavy (non-hydrogen) atoms. The first-order valence-electron chi connectivity index (χ1n) is 8.50. The van der Waals surface area contributed by atoms with E-state index in [0.29, 0.717) is 6.42 Å². The van der Waals surface area contributed by atoms with E-state index in [4.69, 9.17) is 0 Å². The molecule has 0 spiro atoms. The Balaban J connectivity index is 1.56. The Kier molecular flexibility index (Phi) is 5.06. The number of benzene rings is 1. The lowest BCUT2D eigenvalue weighted by Gasteiger charge is -2.37. The Morgan fingerprint density at radius 3 is 2.61 bits per heavy atom. The van der Waals surface area contributed by atoms with Crippen LogP contribution in [0.25, 0.3) is 0 Å². The molecule has 128 valence electrons. The normalized spacial score (nSPS) is 26.3. The Morgan fingerprint density at radius 2 is 1.96 bits per heavy atom. The number of piperidine rings is 1. The molecule has 1 aliphatic carbocycles. The van der Waals surface area contributed by atoms with Gasteiger partial charge in [0.25, 0.3) is 0 Å². The summed E-state index contributed by atoms with van der Waals surface area (Å²) in [7, 11) is -3.14. The van der Waals surface area contributed by atoms with Crippen molar-refractivity contribution in [2.24, 2.45) is 0 Å². The number of nitrogens with zero attached hydrogens (tertiary/aromatic N) is 1. The van der Waals surface area contributed by atoms with Crippen molar-refractivity contribution in [3.05, 3.63) is 35.4 Å². The van der Waals surface area contributed by atoms with Gasteiger partial charge in [-0.25, -0.2) is 13.1 Å². The summed E-state index contributed by atoms with van der Waals surface area (Å²) in [4.78, 5) is 2.31. The molecule has 5 nitrogen and oxygen atoms in total. The zero-order valence-corrected chi connectivity index (χ0v) is 14.4. The van der Waals surface area contributed by atoms with Crippen LogP contribution in [0.4, 0.5) is 0 Å².